The number of nitrogens with one attached hydrogen (secondary N) is 6. The number of terminal acetylenes is 1. The highest BCUT2D eigenvalue weighted by Crippen LogP contribution is 2.19. The molecule has 0 fully saturated rings. The first-order valence-corrected chi connectivity index (χ1v) is 17.1. The number of amides is 5. The highest BCUT2D eigenvalue weighted by Gasteiger charge is 2.31. The number of para-hydroxylation sites is 1. The Morgan fingerprint density at radius 1 is 0.792 bits per heavy atom. The fraction of sp³-hybridized carbons (Fsp3) is 0.324. The van der Waals surface area contributed by atoms with Crippen molar-refractivity contribution < 1.29 is 24.0 Å². The monoisotopic (exact) mass is 723 g/mol. The van der Waals surface area contributed by atoms with Crippen LogP contribution in [0.25, 0.3) is 10.9 Å². The van der Waals surface area contributed by atoms with Gasteiger partial charge in [-0.1, -0.05) is 48.5 Å². The molecule has 0 aliphatic rings. The second kappa shape index (κ2) is 19.7. The minimum atomic E-state index is -1.19. The van der Waals surface area contributed by atoms with Crippen molar-refractivity contribution in [3.05, 3.63) is 90.1 Å². The third-order valence-corrected chi connectivity index (χ3v) is 8.38. The van der Waals surface area contributed by atoms with Gasteiger partial charge in [0.2, 0.25) is 29.5 Å². The summed E-state index contributed by atoms with van der Waals surface area (Å²) in [4.78, 5) is 80.9. The number of carbonyl (C=O) groups is 5. The zero-order valence-corrected chi connectivity index (χ0v) is 29.1. The first-order chi connectivity index (χ1) is 25.5. The van der Waals surface area contributed by atoms with E-state index < -0.39 is 53.7 Å². The average Bonchev–Trinajstić information content (AvgIpc) is 3.81. The number of aliphatic imine (C=N–C) groups is 1. The number of imidazole rings is 1. The van der Waals surface area contributed by atoms with Crippen molar-refractivity contribution in [2.45, 2.75) is 69.1 Å². The number of rotatable bonds is 20. The van der Waals surface area contributed by atoms with Crippen LogP contribution in [0.3, 0.4) is 0 Å². The third-order valence-electron chi connectivity index (χ3n) is 8.38. The van der Waals surface area contributed by atoms with Gasteiger partial charge in [0.25, 0.3) is 0 Å². The Kier molecular flexibility index (Phi) is 14.5. The lowest BCUT2D eigenvalue weighted by Gasteiger charge is -2.26. The molecule has 4 aromatic rings. The van der Waals surface area contributed by atoms with Gasteiger partial charge in [0.05, 0.1) is 6.33 Å². The largest absolute Gasteiger partial charge is 0.370 e. The van der Waals surface area contributed by atoms with Crippen LogP contribution in [0.2, 0.25) is 0 Å². The molecule has 0 radical (unpaired) electrons. The summed E-state index contributed by atoms with van der Waals surface area (Å²) < 4.78 is 0. The van der Waals surface area contributed by atoms with Crippen molar-refractivity contribution in [3.8, 4) is 12.3 Å². The van der Waals surface area contributed by atoms with Crippen LogP contribution < -0.4 is 38.5 Å². The molecule has 2 aromatic heterocycles. The van der Waals surface area contributed by atoms with Crippen LogP contribution in [0, 0.1) is 12.3 Å². The molecule has 2 aromatic carbocycles. The van der Waals surface area contributed by atoms with Gasteiger partial charge in [0.1, 0.15) is 24.2 Å². The van der Waals surface area contributed by atoms with Crippen LogP contribution in [-0.2, 0) is 43.2 Å². The fourth-order valence-corrected chi connectivity index (χ4v) is 5.67. The molecule has 0 saturated carbocycles. The van der Waals surface area contributed by atoms with E-state index in [1.54, 1.807) is 30.5 Å². The van der Waals surface area contributed by atoms with Gasteiger partial charge in [0, 0.05) is 67.6 Å². The summed E-state index contributed by atoms with van der Waals surface area (Å²) in [6.07, 6.45) is 10.8. The summed E-state index contributed by atoms with van der Waals surface area (Å²) in [5.41, 5.74) is 19.6. The third kappa shape index (κ3) is 12.3. The number of hydrogen-bond acceptors (Lipinski definition) is 7. The molecule has 12 N–H and O–H groups in total. The quantitative estimate of drug-likeness (QED) is 0.0255. The maximum atomic E-state index is 14.1. The SMILES string of the molecule is C#CCCC(=O)N[C@@H](Cc1cnc[nH]1)C(=O)N[C@H](Cc1ccccc1)C(=O)N[C@@H](CCCN=C(N)N)C(=O)N[C@@H](Cc1c[nH]c2ccccc12)C(N)=O. The summed E-state index contributed by atoms with van der Waals surface area (Å²) in [5, 5.41) is 11.8. The molecule has 278 valence electrons. The Balaban J connectivity index is 1.56. The molecule has 16 nitrogen and oxygen atoms in total. The number of benzene rings is 2. The van der Waals surface area contributed by atoms with Crippen LogP contribution in [0.15, 0.2) is 78.3 Å². The Morgan fingerprint density at radius 2 is 1.45 bits per heavy atom. The average molecular weight is 724 g/mol. The molecule has 0 unspecified atom stereocenters. The maximum Gasteiger partial charge on any atom is 0.243 e. The van der Waals surface area contributed by atoms with Crippen LogP contribution in [0.1, 0.15) is 42.5 Å². The topological polar surface area (TPSA) is 268 Å². The Hall–Kier alpha value is -6.63. The summed E-state index contributed by atoms with van der Waals surface area (Å²) in [6.45, 7) is 0.162. The minimum Gasteiger partial charge on any atom is -0.370 e. The molecule has 4 atom stereocenters. The molecular weight excluding hydrogens is 678 g/mol. The zero-order valence-electron chi connectivity index (χ0n) is 29.1. The summed E-state index contributed by atoms with van der Waals surface area (Å²) in [7, 11) is 0. The summed E-state index contributed by atoms with van der Waals surface area (Å²) in [6, 6.07) is 11.9. The molecular formula is C37H45N11O5. The second-order valence-corrected chi connectivity index (χ2v) is 12.4. The second-order valence-electron chi connectivity index (χ2n) is 12.4. The van der Waals surface area contributed by atoms with E-state index in [-0.39, 0.29) is 57.5 Å². The van der Waals surface area contributed by atoms with Crippen LogP contribution in [0.4, 0.5) is 0 Å². The van der Waals surface area contributed by atoms with Crippen molar-refractivity contribution in [1.29, 1.82) is 0 Å². The van der Waals surface area contributed by atoms with E-state index in [0.717, 1.165) is 22.0 Å². The van der Waals surface area contributed by atoms with Crippen molar-refractivity contribution in [3.63, 3.8) is 0 Å². The van der Waals surface area contributed by atoms with Gasteiger partial charge in [-0.25, -0.2) is 4.98 Å². The van der Waals surface area contributed by atoms with Crippen LogP contribution >= 0.6 is 0 Å². The maximum absolute atomic E-state index is 14.1. The van der Waals surface area contributed by atoms with Gasteiger partial charge in [0.15, 0.2) is 5.96 Å². The Morgan fingerprint density at radius 3 is 2.13 bits per heavy atom. The highest BCUT2D eigenvalue weighted by molar-refractivity contribution is 5.96. The molecule has 4 rings (SSSR count). The van der Waals surface area contributed by atoms with Gasteiger partial charge >= 0.3 is 0 Å². The number of primary amides is 1. The van der Waals surface area contributed by atoms with E-state index in [0.29, 0.717) is 5.69 Å². The van der Waals surface area contributed by atoms with Crippen molar-refractivity contribution in [1.82, 2.24) is 36.2 Å². The van der Waals surface area contributed by atoms with E-state index in [2.05, 4.69) is 47.1 Å². The minimum absolute atomic E-state index is 0.000431. The van der Waals surface area contributed by atoms with Crippen LogP contribution in [0.5, 0.6) is 0 Å². The van der Waals surface area contributed by atoms with Crippen molar-refractivity contribution >= 4 is 46.4 Å². The van der Waals surface area contributed by atoms with E-state index in [1.165, 1.54) is 12.5 Å². The molecule has 2 heterocycles. The first kappa shape index (κ1) is 39.2. The standard InChI is InChI=1S/C37H45N11O5/c1-2-3-15-32(49)45-31(19-25-21-41-22-44-25)36(53)48-30(17-23-10-5-4-6-11-23)35(52)46-28(14-9-16-42-37(39)40)34(51)47-29(33(38)50)18-24-20-43-27-13-8-7-12-26(24)27/h1,4-8,10-13,20-22,28-31,43H,3,9,14-19H2,(H2,38,50)(H,41,44)(H,45,49)(H,46,52)(H,47,51)(H,48,53)(H4,39,40,42)/t28-,29-,30+,31-/m0/s1. The number of aromatic amines is 2. The molecule has 16 heteroatoms. The summed E-state index contributed by atoms with van der Waals surface area (Å²) >= 11 is 0. The number of fused-ring (bicyclic) bond motifs is 1. The molecule has 0 spiro atoms. The molecule has 0 saturated heterocycles. The van der Waals surface area contributed by atoms with E-state index >= 15 is 0 Å². The van der Waals surface area contributed by atoms with E-state index in [1.807, 2.05) is 30.3 Å². The number of nitrogens with zero attached hydrogens (tertiary/aromatic N) is 2. The van der Waals surface area contributed by atoms with E-state index in [9.17, 15) is 24.0 Å². The van der Waals surface area contributed by atoms with Gasteiger partial charge in [-0.3, -0.25) is 29.0 Å². The summed E-state index contributed by atoms with van der Waals surface area (Å²) in [5.74, 6) is -0.952. The normalized spacial score (nSPS) is 13.0. The van der Waals surface area contributed by atoms with Gasteiger partial charge in [-0.2, -0.15) is 0 Å². The smallest absolute Gasteiger partial charge is 0.243 e. The number of carbonyl (C=O) groups excluding carboxylic acids is 5. The van der Waals surface area contributed by atoms with Gasteiger partial charge < -0.3 is 48.4 Å². The molecule has 5 amide bonds. The molecule has 0 bridgehead atoms. The predicted molar refractivity (Wildman–Crippen MR) is 199 cm³/mol. The lowest BCUT2D eigenvalue weighted by molar-refractivity contribution is -0.134. The first-order valence-electron chi connectivity index (χ1n) is 17.1. The predicted octanol–water partition coefficient (Wildman–Crippen LogP) is -0.190. The highest BCUT2D eigenvalue weighted by atomic mass is 16.2. The Labute approximate surface area is 306 Å². The number of guanidine groups is 1. The number of hydrogen-bond donors (Lipinski definition) is 9. The van der Waals surface area contributed by atoms with Gasteiger partial charge in [-0.15, -0.1) is 12.3 Å². The van der Waals surface area contributed by atoms with E-state index in [4.69, 9.17) is 23.6 Å². The fourth-order valence-electron chi connectivity index (χ4n) is 5.67. The molecule has 0 aliphatic carbocycles. The molecule has 53 heavy (non-hydrogen) atoms. The van der Waals surface area contributed by atoms with Crippen LogP contribution in [-0.4, -0.2) is 81.2 Å². The van der Waals surface area contributed by atoms with Gasteiger partial charge in [-0.05, 0) is 30.0 Å². The van der Waals surface area contributed by atoms with Crippen molar-refractivity contribution in [2.24, 2.45) is 22.2 Å². The number of nitrogens with two attached hydrogens (primary N) is 3. The lowest BCUT2D eigenvalue weighted by atomic mass is 10.0. The molecule has 0 aliphatic heterocycles. The number of aromatic nitrogens is 3. The number of H-pyrrole nitrogens is 2. The van der Waals surface area contributed by atoms with Crippen molar-refractivity contribution in [2.75, 3.05) is 6.54 Å². The lowest BCUT2D eigenvalue weighted by Crippen LogP contribution is -2.59. The Bertz CT molecular complexity index is 1910. The zero-order chi connectivity index (χ0) is 38.2.